The molecule has 2 amide bonds. The Morgan fingerprint density at radius 1 is 0.980 bits per heavy atom. The van der Waals surface area contributed by atoms with E-state index in [1.165, 1.54) is 22.7 Å². The Kier molecular flexibility index (Phi) is 15.4. The zero-order valence-electron chi connectivity index (χ0n) is 28.6. The lowest BCUT2D eigenvalue weighted by Crippen LogP contribution is -2.54. The Bertz CT molecular complexity index is 1520. The lowest BCUT2D eigenvalue weighted by atomic mass is 9.93. The maximum absolute atomic E-state index is 13.9. The molecule has 0 unspecified atom stereocenters. The number of hydrogen-bond acceptors (Lipinski definition) is 11. The third kappa shape index (κ3) is 13.2. The zero-order valence-corrected chi connectivity index (χ0v) is 30.2. The molecule has 0 aliphatic heterocycles. The number of ether oxygens (including phenoxy) is 2. The van der Waals surface area contributed by atoms with Crippen molar-refractivity contribution >= 4 is 34.7 Å². The van der Waals surface area contributed by atoms with Crippen LogP contribution in [-0.2, 0) is 35.5 Å². The van der Waals surface area contributed by atoms with Crippen LogP contribution < -0.4 is 20.7 Å². The second kappa shape index (κ2) is 20.0. The van der Waals surface area contributed by atoms with Crippen molar-refractivity contribution in [2.24, 2.45) is 5.92 Å². The highest BCUT2D eigenvalue weighted by Gasteiger charge is 2.29. The van der Waals surface area contributed by atoms with Crippen LogP contribution >= 0.6 is 22.7 Å². The lowest BCUT2D eigenvalue weighted by Gasteiger charge is -2.30. The van der Waals surface area contributed by atoms with Crippen molar-refractivity contribution in [1.82, 2.24) is 30.8 Å². The summed E-state index contributed by atoms with van der Waals surface area (Å²) in [5, 5.41) is 23.8. The van der Waals surface area contributed by atoms with Crippen LogP contribution in [-0.4, -0.2) is 76.5 Å². The van der Waals surface area contributed by atoms with E-state index >= 15 is 0 Å². The topological polar surface area (TPSA) is 138 Å². The molecule has 0 saturated carbocycles. The number of thiazole rings is 2. The van der Waals surface area contributed by atoms with Gasteiger partial charge in [-0.3, -0.25) is 20.0 Å². The van der Waals surface area contributed by atoms with Gasteiger partial charge in [0.05, 0.1) is 40.9 Å². The van der Waals surface area contributed by atoms with Crippen LogP contribution in [0, 0.1) is 5.92 Å². The van der Waals surface area contributed by atoms with E-state index in [0.29, 0.717) is 37.9 Å². The lowest BCUT2D eigenvalue weighted by molar-refractivity contribution is -0.125. The fraction of sp³-hybridized carbons (Fsp3) is 0.444. The Morgan fingerprint density at radius 3 is 2.31 bits per heavy atom. The predicted octanol–water partition coefficient (Wildman–Crippen LogP) is 5.02. The summed E-state index contributed by atoms with van der Waals surface area (Å²) in [4.78, 5) is 38.2. The number of rotatable bonds is 20. The summed E-state index contributed by atoms with van der Waals surface area (Å²) < 4.78 is 10.9. The molecule has 4 atom stereocenters. The molecule has 0 fully saturated rings. The third-order valence-corrected chi connectivity index (χ3v) is 9.41. The molecule has 0 aliphatic carbocycles. The van der Waals surface area contributed by atoms with E-state index in [2.05, 4.69) is 30.8 Å². The minimum Gasteiger partial charge on any atom is -0.470 e. The monoisotopic (exact) mass is 708 g/mol. The number of aliphatic hydroxyl groups is 1. The smallest absolute Gasteiger partial charge is 0.407 e. The summed E-state index contributed by atoms with van der Waals surface area (Å²) in [6, 6.07) is 18.0. The average molecular weight is 709 g/mol. The Balaban J connectivity index is 1.43. The van der Waals surface area contributed by atoms with E-state index in [1.807, 2.05) is 93.9 Å². The van der Waals surface area contributed by atoms with Gasteiger partial charge < -0.3 is 25.2 Å². The van der Waals surface area contributed by atoms with Gasteiger partial charge >= 0.3 is 6.09 Å². The van der Waals surface area contributed by atoms with Crippen LogP contribution in [0.5, 0.6) is 5.19 Å². The van der Waals surface area contributed by atoms with Gasteiger partial charge in [0.1, 0.15) is 6.61 Å². The van der Waals surface area contributed by atoms with Crippen molar-refractivity contribution in [1.29, 1.82) is 0 Å². The van der Waals surface area contributed by atoms with Crippen molar-refractivity contribution in [2.75, 3.05) is 20.3 Å². The van der Waals surface area contributed by atoms with Crippen LogP contribution in [0.1, 0.15) is 48.9 Å². The number of aromatic nitrogens is 2. The summed E-state index contributed by atoms with van der Waals surface area (Å²) in [5.74, 6) is -0.152. The van der Waals surface area contributed by atoms with E-state index in [1.54, 1.807) is 11.7 Å². The van der Waals surface area contributed by atoms with Gasteiger partial charge in [-0.1, -0.05) is 85.8 Å². The number of amides is 2. The maximum atomic E-state index is 13.9. The summed E-state index contributed by atoms with van der Waals surface area (Å²) in [5.41, 5.74) is 4.57. The molecule has 0 spiro atoms. The number of nitrogens with one attached hydrogen (secondary N) is 3. The molecule has 2 heterocycles. The molecule has 0 bridgehead atoms. The van der Waals surface area contributed by atoms with Crippen LogP contribution in [0.2, 0.25) is 0 Å². The van der Waals surface area contributed by atoms with Crippen molar-refractivity contribution in [3.8, 4) is 5.19 Å². The summed E-state index contributed by atoms with van der Waals surface area (Å²) in [6.45, 7) is 7.68. The number of nitrogens with zero attached hydrogens (tertiary/aromatic N) is 3. The van der Waals surface area contributed by atoms with Crippen LogP contribution in [0.4, 0.5) is 4.79 Å². The van der Waals surface area contributed by atoms with Gasteiger partial charge in [0.2, 0.25) is 5.91 Å². The zero-order chi connectivity index (χ0) is 35.0. The first kappa shape index (κ1) is 37.9. The fourth-order valence-corrected chi connectivity index (χ4v) is 6.63. The normalized spacial score (nSPS) is 13.9. The first-order chi connectivity index (χ1) is 23.7. The molecule has 0 radical (unpaired) electrons. The minimum atomic E-state index is -0.985. The van der Waals surface area contributed by atoms with Crippen LogP contribution in [0.15, 0.2) is 77.8 Å². The fourth-order valence-electron chi connectivity index (χ4n) is 5.40. The SMILES string of the molecule is CCOc1nc(CN(C)CN[C@H](C(=O)N[C@@H](Cc2ccccc2)C[C@H](O)[C@H](Cc2ccccc2)NC(=O)OCc2cncs2)C(C)C)cs1. The highest BCUT2D eigenvalue weighted by Crippen LogP contribution is 2.19. The van der Waals surface area contributed by atoms with Gasteiger partial charge in [-0.2, -0.15) is 0 Å². The van der Waals surface area contributed by atoms with E-state index in [0.717, 1.165) is 21.7 Å². The first-order valence-electron chi connectivity index (χ1n) is 16.6. The Hall–Kier alpha value is -3.88. The standard InChI is InChI=1S/C36H48N6O5S2/c1-5-46-36-40-29(22-48-36)20-42(4)23-38-33(25(2)3)34(44)39-28(16-26-12-8-6-9-13-26)18-32(43)31(17-27-14-10-7-11-15-27)41-35(45)47-21-30-19-37-24-49-30/h6-15,19,22,24-25,28,31-33,38,43H,5,16-18,20-21,23H2,1-4H3,(H,39,44)(H,41,45)/t28-,31-,32-,33-/m0/s1. The molecule has 13 heteroatoms. The molecule has 4 N–H and O–H groups in total. The Labute approximate surface area is 297 Å². The highest BCUT2D eigenvalue weighted by molar-refractivity contribution is 7.11. The summed E-state index contributed by atoms with van der Waals surface area (Å²) >= 11 is 2.87. The summed E-state index contributed by atoms with van der Waals surface area (Å²) in [7, 11) is 1.97. The average Bonchev–Trinajstić information content (AvgIpc) is 3.77. The van der Waals surface area contributed by atoms with Gasteiger partial charge in [-0.25, -0.2) is 9.78 Å². The van der Waals surface area contributed by atoms with E-state index < -0.39 is 30.3 Å². The molecule has 264 valence electrons. The predicted molar refractivity (Wildman–Crippen MR) is 193 cm³/mol. The van der Waals surface area contributed by atoms with Crippen molar-refractivity contribution < 1.29 is 24.2 Å². The number of benzene rings is 2. The molecular weight excluding hydrogens is 661 g/mol. The molecule has 0 aliphatic rings. The largest absolute Gasteiger partial charge is 0.470 e. The number of alkyl carbamates (subject to hydrolysis) is 1. The number of aliphatic hydroxyl groups excluding tert-OH is 1. The van der Waals surface area contributed by atoms with Gasteiger partial charge in [0.15, 0.2) is 0 Å². The van der Waals surface area contributed by atoms with E-state index in [4.69, 9.17) is 9.47 Å². The third-order valence-electron chi connectivity index (χ3n) is 7.85. The van der Waals surface area contributed by atoms with E-state index in [9.17, 15) is 14.7 Å². The van der Waals surface area contributed by atoms with Crippen LogP contribution in [0.25, 0.3) is 0 Å². The van der Waals surface area contributed by atoms with E-state index in [-0.39, 0.29) is 24.9 Å². The molecule has 4 rings (SSSR count). The molecule has 4 aromatic rings. The van der Waals surface area contributed by atoms with Crippen molar-refractivity contribution in [2.45, 2.75) is 77.4 Å². The van der Waals surface area contributed by atoms with Gasteiger partial charge in [0.25, 0.3) is 5.19 Å². The minimum absolute atomic E-state index is 0.000314. The molecule has 11 nitrogen and oxygen atoms in total. The van der Waals surface area contributed by atoms with Crippen molar-refractivity contribution in [3.63, 3.8) is 0 Å². The van der Waals surface area contributed by atoms with Crippen LogP contribution in [0.3, 0.4) is 0 Å². The second-order valence-electron chi connectivity index (χ2n) is 12.3. The van der Waals surface area contributed by atoms with Crippen molar-refractivity contribution in [3.05, 3.63) is 99.4 Å². The molecule has 2 aromatic carbocycles. The maximum Gasteiger partial charge on any atom is 0.407 e. The quantitative estimate of drug-likeness (QED) is 0.0934. The molecular formula is C36H48N6O5S2. The molecule has 2 aromatic heterocycles. The molecule has 0 saturated heterocycles. The first-order valence-corrected chi connectivity index (χ1v) is 18.3. The van der Waals surface area contributed by atoms with Gasteiger partial charge in [-0.15, -0.1) is 11.3 Å². The Morgan fingerprint density at radius 2 is 1.67 bits per heavy atom. The number of carbonyl (C=O) groups excluding carboxylic acids is 2. The second-order valence-corrected chi connectivity index (χ2v) is 14.1. The number of carbonyl (C=O) groups is 2. The van der Waals surface area contributed by atoms with Gasteiger partial charge in [0, 0.05) is 30.8 Å². The summed E-state index contributed by atoms with van der Waals surface area (Å²) in [6.07, 6.45) is 1.15. The van der Waals surface area contributed by atoms with Gasteiger partial charge in [-0.05, 0) is 50.3 Å². The molecule has 49 heavy (non-hydrogen) atoms. The number of hydrogen-bond donors (Lipinski definition) is 4. The highest BCUT2D eigenvalue weighted by atomic mass is 32.1.